The molecular weight excluding hydrogens is 370 g/mol. The van der Waals surface area contributed by atoms with E-state index in [9.17, 15) is 0 Å². The minimum atomic E-state index is 0.564. The highest BCUT2D eigenvalue weighted by Crippen LogP contribution is 2.49. The predicted molar refractivity (Wildman–Crippen MR) is 125 cm³/mol. The quantitative estimate of drug-likeness (QED) is 0.290. The molecule has 5 aromatic rings. The molecule has 0 spiro atoms. The van der Waals surface area contributed by atoms with Crippen LogP contribution in [0.1, 0.15) is 11.1 Å². The summed E-state index contributed by atoms with van der Waals surface area (Å²) >= 11 is 1.92. The molecule has 4 aromatic carbocycles. The van der Waals surface area contributed by atoms with Crippen molar-refractivity contribution in [3.8, 4) is 11.1 Å². The monoisotopic (exact) mass is 389 g/mol. The van der Waals surface area contributed by atoms with Gasteiger partial charge in [-0.3, -0.25) is 0 Å². The van der Waals surface area contributed by atoms with E-state index in [1.165, 1.54) is 53.8 Å². The van der Waals surface area contributed by atoms with Gasteiger partial charge in [-0.15, -0.1) is 11.3 Å². The second kappa shape index (κ2) is 5.71. The molecule has 7 rings (SSSR count). The van der Waals surface area contributed by atoms with Gasteiger partial charge < -0.3 is 4.90 Å². The molecule has 1 atom stereocenters. The molecule has 1 aromatic heterocycles. The molecule has 0 aliphatic carbocycles. The van der Waals surface area contributed by atoms with Crippen LogP contribution in [0.3, 0.4) is 0 Å². The molecule has 2 aliphatic heterocycles. The lowest BCUT2D eigenvalue weighted by molar-refractivity contribution is 0.725. The zero-order valence-corrected chi connectivity index (χ0v) is 16.7. The Kier molecular flexibility index (Phi) is 3.11. The zero-order valence-electron chi connectivity index (χ0n) is 15.9. The standard InChI is InChI=1S/C27H19NS/c1-2-6-17(7-3-1)18-10-11-24-19(12-18)13-21-14-20-15-23-22-8-4-5-9-26(22)29-27(23)16-25(20)28(21)24/h1-12,15-16,21H,13-14H2. The van der Waals surface area contributed by atoms with Crippen LogP contribution in [0.2, 0.25) is 0 Å². The number of nitrogens with zero attached hydrogens (tertiary/aromatic N) is 1. The van der Waals surface area contributed by atoms with Crippen molar-refractivity contribution in [2.45, 2.75) is 18.9 Å². The molecule has 0 saturated carbocycles. The molecule has 138 valence electrons. The van der Waals surface area contributed by atoms with E-state index in [4.69, 9.17) is 0 Å². The van der Waals surface area contributed by atoms with E-state index in [0.29, 0.717) is 6.04 Å². The first-order chi connectivity index (χ1) is 14.3. The van der Waals surface area contributed by atoms with Gasteiger partial charge in [-0.05, 0) is 65.4 Å². The van der Waals surface area contributed by atoms with Gasteiger partial charge in [-0.25, -0.2) is 0 Å². The second-order valence-corrected chi connectivity index (χ2v) is 9.30. The third-order valence-electron chi connectivity index (χ3n) is 6.56. The first-order valence-corrected chi connectivity index (χ1v) is 11.1. The Labute approximate surface area is 173 Å². The highest BCUT2D eigenvalue weighted by Gasteiger charge is 2.37. The first-order valence-electron chi connectivity index (χ1n) is 10.3. The van der Waals surface area contributed by atoms with Gasteiger partial charge in [0, 0.05) is 37.6 Å². The molecule has 0 radical (unpaired) electrons. The Morgan fingerprint density at radius 1 is 0.621 bits per heavy atom. The average Bonchev–Trinajstić information content (AvgIpc) is 3.41. The maximum absolute atomic E-state index is 2.60. The highest BCUT2D eigenvalue weighted by molar-refractivity contribution is 7.25. The van der Waals surface area contributed by atoms with Crippen molar-refractivity contribution in [1.29, 1.82) is 0 Å². The molecular formula is C27H19NS. The Balaban J connectivity index is 1.36. The van der Waals surface area contributed by atoms with Crippen molar-refractivity contribution in [3.63, 3.8) is 0 Å². The van der Waals surface area contributed by atoms with Gasteiger partial charge in [0.05, 0.1) is 0 Å². The molecule has 2 heteroatoms. The van der Waals surface area contributed by atoms with Gasteiger partial charge >= 0.3 is 0 Å². The van der Waals surface area contributed by atoms with Crippen LogP contribution >= 0.6 is 11.3 Å². The third-order valence-corrected chi connectivity index (χ3v) is 7.69. The predicted octanol–water partition coefficient (Wildman–Crippen LogP) is 7.34. The second-order valence-electron chi connectivity index (χ2n) is 8.22. The van der Waals surface area contributed by atoms with Crippen molar-refractivity contribution in [1.82, 2.24) is 0 Å². The maximum atomic E-state index is 2.60. The van der Waals surface area contributed by atoms with E-state index in [0.717, 1.165) is 12.8 Å². The molecule has 2 aliphatic rings. The summed E-state index contributed by atoms with van der Waals surface area (Å²) in [6.45, 7) is 0. The van der Waals surface area contributed by atoms with Crippen LogP contribution in [0, 0.1) is 0 Å². The molecule has 0 bridgehead atoms. The Bertz CT molecular complexity index is 1410. The number of thiophene rings is 1. The molecule has 29 heavy (non-hydrogen) atoms. The number of anilines is 2. The Hall–Kier alpha value is -3.10. The summed E-state index contributed by atoms with van der Waals surface area (Å²) in [6, 6.07) is 32.0. The Morgan fingerprint density at radius 3 is 2.31 bits per heavy atom. The summed E-state index contributed by atoms with van der Waals surface area (Å²) in [5.41, 5.74) is 8.43. The normalized spacial score (nSPS) is 17.0. The molecule has 0 saturated heterocycles. The average molecular weight is 390 g/mol. The van der Waals surface area contributed by atoms with Crippen LogP contribution in [0.25, 0.3) is 31.3 Å². The molecule has 0 fully saturated rings. The number of benzene rings is 4. The number of hydrogen-bond donors (Lipinski definition) is 0. The SMILES string of the molecule is c1ccc(-c2ccc3c(c2)CC2Cc4cc5c(cc4N32)sc2ccccc25)cc1. The fourth-order valence-corrected chi connectivity index (χ4v) is 6.39. The summed E-state index contributed by atoms with van der Waals surface area (Å²) in [5, 5.41) is 2.82. The summed E-state index contributed by atoms with van der Waals surface area (Å²) in [6.07, 6.45) is 2.28. The Morgan fingerprint density at radius 2 is 1.41 bits per heavy atom. The topological polar surface area (TPSA) is 3.24 Å². The number of rotatable bonds is 1. The highest BCUT2D eigenvalue weighted by atomic mass is 32.1. The molecule has 1 unspecified atom stereocenters. The summed E-state index contributed by atoms with van der Waals surface area (Å²) in [5.74, 6) is 0. The van der Waals surface area contributed by atoms with Crippen LogP contribution in [0.5, 0.6) is 0 Å². The van der Waals surface area contributed by atoms with Gasteiger partial charge in [-0.1, -0.05) is 54.6 Å². The van der Waals surface area contributed by atoms with E-state index in [1.54, 1.807) is 0 Å². The minimum Gasteiger partial charge on any atom is -0.337 e. The van der Waals surface area contributed by atoms with Crippen molar-refractivity contribution < 1.29 is 0 Å². The van der Waals surface area contributed by atoms with Gasteiger partial charge in [0.1, 0.15) is 0 Å². The fraction of sp³-hybridized carbons (Fsp3) is 0.111. The number of hydrogen-bond acceptors (Lipinski definition) is 2. The zero-order chi connectivity index (χ0) is 18.9. The van der Waals surface area contributed by atoms with Crippen LogP contribution in [-0.4, -0.2) is 6.04 Å². The summed E-state index contributed by atoms with van der Waals surface area (Å²) in [7, 11) is 0. The van der Waals surface area contributed by atoms with Crippen molar-refractivity contribution in [2.75, 3.05) is 4.90 Å². The molecule has 0 amide bonds. The molecule has 0 N–H and O–H groups in total. The van der Waals surface area contributed by atoms with Crippen LogP contribution in [0.4, 0.5) is 11.4 Å². The van der Waals surface area contributed by atoms with Crippen LogP contribution in [0.15, 0.2) is 84.9 Å². The van der Waals surface area contributed by atoms with E-state index >= 15 is 0 Å². The van der Waals surface area contributed by atoms with E-state index in [1.807, 2.05) is 11.3 Å². The lowest BCUT2D eigenvalue weighted by Gasteiger charge is -2.20. The third kappa shape index (κ3) is 2.21. The van der Waals surface area contributed by atoms with Crippen LogP contribution < -0.4 is 4.90 Å². The largest absolute Gasteiger partial charge is 0.337 e. The van der Waals surface area contributed by atoms with Gasteiger partial charge in [0.25, 0.3) is 0 Å². The van der Waals surface area contributed by atoms with Crippen molar-refractivity contribution in [2.24, 2.45) is 0 Å². The fourth-order valence-electron chi connectivity index (χ4n) is 5.27. The lowest BCUT2D eigenvalue weighted by atomic mass is 9.98. The number of fused-ring (bicyclic) bond motifs is 8. The lowest BCUT2D eigenvalue weighted by Crippen LogP contribution is -2.22. The van der Waals surface area contributed by atoms with E-state index < -0.39 is 0 Å². The summed E-state index contributed by atoms with van der Waals surface area (Å²) < 4.78 is 2.79. The van der Waals surface area contributed by atoms with Crippen LogP contribution in [-0.2, 0) is 12.8 Å². The summed E-state index contributed by atoms with van der Waals surface area (Å²) in [4.78, 5) is 2.60. The van der Waals surface area contributed by atoms with E-state index in [2.05, 4.69) is 89.8 Å². The maximum Gasteiger partial charge on any atom is 0.0461 e. The van der Waals surface area contributed by atoms with Crippen molar-refractivity contribution >= 4 is 42.9 Å². The van der Waals surface area contributed by atoms with Gasteiger partial charge in [-0.2, -0.15) is 0 Å². The van der Waals surface area contributed by atoms with E-state index in [-0.39, 0.29) is 0 Å². The molecule has 1 nitrogen and oxygen atoms in total. The van der Waals surface area contributed by atoms with Gasteiger partial charge in [0.2, 0.25) is 0 Å². The minimum absolute atomic E-state index is 0.564. The van der Waals surface area contributed by atoms with Gasteiger partial charge in [0.15, 0.2) is 0 Å². The van der Waals surface area contributed by atoms with Crippen molar-refractivity contribution in [3.05, 3.63) is 96.1 Å². The smallest absolute Gasteiger partial charge is 0.0461 e. The first kappa shape index (κ1) is 15.8. The molecule has 3 heterocycles.